The zero-order valence-corrected chi connectivity index (χ0v) is 28.9. The summed E-state index contributed by atoms with van der Waals surface area (Å²) >= 11 is 0. The predicted octanol–water partition coefficient (Wildman–Crippen LogP) is 5.43. The van der Waals surface area contributed by atoms with Crippen LogP contribution in [0.15, 0.2) is 23.3 Å². The third-order valence-electron chi connectivity index (χ3n) is 13.7. The number of carbonyl (C=O) groups excluding carboxylic acids is 5. The molecule has 3 saturated carbocycles. The fourth-order valence-electron chi connectivity index (χ4n) is 10.9. The molecule has 5 rings (SSSR count). The van der Waals surface area contributed by atoms with E-state index in [4.69, 9.17) is 9.47 Å². The summed E-state index contributed by atoms with van der Waals surface area (Å²) in [5.74, 6) is -2.58. The number of nitriles is 1. The molecular formula is C37H50N2O7. The monoisotopic (exact) mass is 634 g/mol. The van der Waals surface area contributed by atoms with Crippen molar-refractivity contribution in [3.8, 4) is 6.07 Å². The molecule has 5 aliphatic carbocycles. The molecule has 0 saturated heterocycles. The van der Waals surface area contributed by atoms with Crippen LogP contribution < -0.4 is 5.32 Å². The maximum Gasteiger partial charge on any atom is 0.328 e. The Bertz CT molecular complexity index is 1500. The maximum absolute atomic E-state index is 14.7. The van der Waals surface area contributed by atoms with Gasteiger partial charge in [0, 0.05) is 16.7 Å². The highest BCUT2D eigenvalue weighted by Crippen LogP contribution is 2.74. The number of hydrogen-bond acceptors (Lipinski definition) is 8. The summed E-state index contributed by atoms with van der Waals surface area (Å²) in [5.41, 5.74) is -2.11. The summed E-state index contributed by atoms with van der Waals surface area (Å²) < 4.78 is 9.71. The summed E-state index contributed by atoms with van der Waals surface area (Å²) in [4.78, 5) is 67.3. The number of ketones is 2. The van der Waals surface area contributed by atoms with Crippen molar-refractivity contribution in [2.75, 3.05) is 14.2 Å². The van der Waals surface area contributed by atoms with E-state index in [0.29, 0.717) is 25.7 Å². The van der Waals surface area contributed by atoms with E-state index in [9.17, 15) is 29.2 Å². The number of hydrogen-bond donors (Lipinski definition) is 1. The summed E-state index contributed by atoms with van der Waals surface area (Å²) in [6.07, 6.45) is 8.09. The van der Waals surface area contributed by atoms with Gasteiger partial charge in [0.1, 0.15) is 12.1 Å². The first-order valence-electron chi connectivity index (χ1n) is 16.7. The molecule has 0 aromatic rings. The molecule has 0 heterocycles. The van der Waals surface area contributed by atoms with Gasteiger partial charge < -0.3 is 14.8 Å². The Morgan fingerprint density at radius 3 is 2.24 bits per heavy atom. The van der Waals surface area contributed by atoms with Gasteiger partial charge in [-0.25, -0.2) is 4.79 Å². The van der Waals surface area contributed by atoms with Crippen LogP contribution in [0.3, 0.4) is 0 Å². The smallest absolute Gasteiger partial charge is 0.328 e. The lowest BCUT2D eigenvalue weighted by Gasteiger charge is -2.69. The first-order chi connectivity index (χ1) is 21.3. The number of Topliss-reactive ketones (excluding diaryl/α,β-unsaturated/α-hetero) is 1. The molecule has 0 aromatic carbocycles. The zero-order chi connectivity index (χ0) is 34.3. The molecule has 250 valence electrons. The van der Waals surface area contributed by atoms with Crippen LogP contribution in [-0.2, 0) is 33.4 Å². The van der Waals surface area contributed by atoms with Gasteiger partial charge >= 0.3 is 11.9 Å². The van der Waals surface area contributed by atoms with E-state index in [2.05, 4.69) is 46.0 Å². The number of rotatable bonds is 5. The van der Waals surface area contributed by atoms with E-state index in [0.717, 1.165) is 24.8 Å². The number of methoxy groups -OCH3 is 2. The second-order valence-electron chi connectivity index (χ2n) is 16.7. The molecule has 3 fully saturated rings. The van der Waals surface area contributed by atoms with Crippen LogP contribution in [0.2, 0.25) is 0 Å². The van der Waals surface area contributed by atoms with Gasteiger partial charge in [0.15, 0.2) is 11.6 Å². The number of nitrogens with one attached hydrogen (secondary N) is 1. The quantitative estimate of drug-likeness (QED) is 0.395. The fourth-order valence-corrected chi connectivity index (χ4v) is 10.9. The van der Waals surface area contributed by atoms with Crippen LogP contribution in [0.25, 0.3) is 0 Å². The van der Waals surface area contributed by atoms with E-state index >= 15 is 0 Å². The lowest BCUT2D eigenvalue weighted by atomic mass is 9.34. The van der Waals surface area contributed by atoms with Crippen LogP contribution in [0.5, 0.6) is 0 Å². The topological polar surface area (TPSA) is 140 Å². The molecule has 0 spiro atoms. The summed E-state index contributed by atoms with van der Waals surface area (Å²) in [6.45, 7) is 14.8. The lowest BCUT2D eigenvalue weighted by molar-refractivity contribution is -0.179. The highest BCUT2D eigenvalue weighted by atomic mass is 16.5. The molecule has 9 heteroatoms. The molecule has 9 nitrogen and oxygen atoms in total. The molecule has 5 aliphatic rings. The Morgan fingerprint density at radius 1 is 0.978 bits per heavy atom. The number of ether oxygens (including phenoxy) is 2. The molecule has 0 aromatic heterocycles. The van der Waals surface area contributed by atoms with Gasteiger partial charge in [-0.3, -0.25) is 19.2 Å². The molecule has 0 unspecified atom stereocenters. The molecule has 8 atom stereocenters. The van der Waals surface area contributed by atoms with Crippen LogP contribution in [0, 0.1) is 61.6 Å². The van der Waals surface area contributed by atoms with E-state index in [1.54, 1.807) is 0 Å². The Labute approximate surface area is 272 Å². The van der Waals surface area contributed by atoms with Gasteiger partial charge in [0.2, 0.25) is 5.91 Å². The number of nitrogens with zero attached hydrogens (tertiary/aromatic N) is 1. The van der Waals surface area contributed by atoms with Crippen LogP contribution in [0.1, 0.15) is 99.8 Å². The second-order valence-corrected chi connectivity index (χ2v) is 16.7. The molecular weight excluding hydrogens is 584 g/mol. The van der Waals surface area contributed by atoms with Gasteiger partial charge in [-0.1, -0.05) is 60.1 Å². The van der Waals surface area contributed by atoms with Crippen LogP contribution in [0.4, 0.5) is 0 Å². The summed E-state index contributed by atoms with van der Waals surface area (Å²) in [7, 11) is 2.44. The first-order valence-corrected chi connectivity index (χ1v) is 16.7. The average molecular weight is 635 g/mol. The summed E-state index contributed by atoms with van der Waals surface area (Å²) in [5, 5.41) is 12.8. The number of fused-ring (bicyclic) bond motifs is 7. The van der Waals surface area contributed by atoms with Gasteiger partial charge in [-0.2, -0.15) is 5.26 Å². The molecule has 0 aliphatic heterocycles. The normalized spacial score (nSPS) is 39.4. The van der Waals surface area contributed by atoms with Crippen LogP contribution in [-0.4, -0.2) is 49.7 Å². The highest BCUT2D eigenvalue weighted by molar-refractivity contribution is 6.04. The highest BCUT2D eigenvalue weighted by Gasteiger charge is 2.71. The minimum Gasteiger partial charge on any atom is -0.469 e. The number of esters is 2. The van der Waals surface area contributed by atoms with Crippen molar-refractivity contribution in [2.24, 2.45) is 50.2 Å². The number of allylic oxidation sites excluding steroid dienone is 4. The first kappa shape index (κ1) is 34.1. The van der Waals surface area contributed by atoms with Crippen molar-refractivity contribution in [3.63, 3.8) is 0 Å². The SMILES string of the molecule is COC(=O)C[C@H](NC(=O)[C@]12CCC(C)(C)C[C@H]1[C@H]1C(=O)C=C3[C@@]4(C)C=C(C#N)C(=O)C(C)(C)[C@@H]4CC[C@@]3(C)[C@]1(C)CC2)C(=O)OC. The number of amides is 1. The molecule has 1 amide bonds. The van der Waals surface area contributed by atoms with Crippen molar-refractivity contribution in [3.05, 3.63) is 23.3 Å². The average Bonchev–Trinajstić information content (AvgIpc) is 2.99. The Balaban J connectivity index is 1.61. The molecule has 46 heavy (non-hydrogen) atoms. The molecule has 1 N–H and O–H groups in total. The largest absolute Gasteiger partial charge is 0.469 e. The second kappa shape index (κ2) is 10.9. The Morgan fingerprint density at radius 2 is 1.63 bits per heavy atom. The maximum atomic E-state index is 14.7. The Hall–Kier alpha value is -3.28. The fraction of sp³-hybridized carbons (Fsp3) is 0.730. The minimum absolute atomic E-state index is 0.00267. The van der Waals surface area contributed by atoms with Crippen molar-refractivity contribution >= 4 is 29.4 Å². The van der Waals surface area contributed by atoms with Gasteiger partial charge in [0.25, 0.3) is 0 Å². The van der Waals surface area contributed by atoms with Crippen molar-refractivity contribution in [2.45, 2.75) is 106 Å². The lowest BCUT2D eigenvalue weighted by Crippen LogP contribution is -2.67. The predicted molar refractivity (Wildman–Crippen MR) is 169 cm³/mol. The van der Waals surface area contributed by atoms with E-state index in [-0.39, 0.29) is 46.7 Å². The van der Waals surface area contributed by atoms with E-state index < -0.39 is 51.0 Å². The zero-order valence-electron chi connectivity index (χ0n) is 28.9. The van der Waals surface area contributed by atoms with E-state index in [1.165, 1.54) is 14.2 Å². The van der Waals surface area contributed by atoms with Crippen molar-refractivity contribution < 1.29 is 33.4 Å². The molecule has 0 radical (unpaired) electrons. The van der Waals surface area contributed by atoms with Gasteiger partial charge in [-0.15, -0.1) is 0 Å². The van der Waals surface area contributed by atoms with Crippen molar-refractivity contribution in [1.29, 1.82) is 5.26 Å². The minimum atomic E-state index is -1.19. The van der Waals surface area contributed by atoms with E-state index in [1.807, 2.05) is 26.0 Å². The van der Waals surface area contributed by atoms with Gasteiger partial charge in [-0.05, 0) is 79.1 Å². The van der Waals surface area contributed by atoms with Gasteiger partial charge in [0.05, 0.1) is 31.6 Å². The molecule has 0 bridgehead atoms. The van der Waals surface area contributed by atoms with Crippen molar-refractivity contribution in [1.82, 2.24) is 5.32 Å². The third-order valence-corrected chi connectivity index (χ3v) is 13.7. The number of carbonyl (C=O) groups is 5. The standard InChI is InChI=1S/C37H50N2O7/c1-32(2)12-14-37(31(44)39-23(30(43)46-9)16-27(41)45-8)15-13-36(7)28(22(37)19-32)24(40)17-26-34(5)18-21(20-38)29(42)33(3,4)25(34)10-11-35(26,36)6/h17-18,22-23,25,28H,10-16,19H2,1-9H3,(H,39,44)/t22-,23-,25-,28-,34-,35+,36+,37-/m0/s1. The Kier molecular flexibility index (Phi) is 8.06. The third kappa shape index (κ3) is 4.64. The summed E-state index contributed by atoms with van der Waals surface area (Å²) in [6, 6.07) is 0.961. The van der Waals surface area contributed by atoms with Crippen LogP contribution >= 0.6 is 0 Å².